The van der Waals surface area contributed by atoms with Crippen molar-refractivity contribution in [3.8, 4) is 28.5 Å². The number of aromatic nitrogens is 5. The Bertz CT molecular complexity index is 1250. The highest BCUT2D eigenvalue weighted by atomic mass is 35.5. The Hall–Kier alpha value is -3.50. The number of ether oxygens (including phenoxy) is 1. The maximum Gasteiger partial charge on any atom is 0.234 e. The van der Waals surface area contributed by atoms with E-state index in [0.717, 1.165) is 22.6 Å². The summed E-state index contributed by atoms with van der Waals surface area (Å²) in [6.45, 7) is 1.90. The van der Waals surface area contributed by atoms with Gasteiger partial charge >= 0.3 is 0 Å². The quantitative estimate of drug-likeness (QED) is 0.278. The maximum absolute atomic E-state index is 12.3. The number of anilines is 1. The second kappa shape index (κ2) is 9.33. The lowest BCUT2D eigenvalue weighted by atomic mass is 10.1. The minimum atomic E-state index is -0.206. The summed E-state index contributed by atoms with van der Waals surface area (Å²) in [6, 6.07) is 14.7. The number of aromatic amines is 1. The van der Waals surface area contributed by atoms with E-state index in [4.69, 9.17) is 22.2 Å². The number of thioether (sulfide) groups is 1. The minimum Gasteiger partial charge on any atom is -0.497 e. The third-order valence-corrected chi connectivity index (χ3v) is 6.01. The first-order valence-corrected chi connectivity index (χ1v) is 10.9. The number of carbonyl (C=O) groups is 1. The number of benzene rings is 2. The van der Waals surface area contributed by atoms with Crippen LogP contribution in [0.25, 0.3) is 22.8 Å². The highest BCUT2D eigenvalue weighted by molar-refractivity contribution is 7.99. The van der Waals surface area contributed by atoms with Gasteiger partial charge in [0.15, 0.2) is 0 Å². The number of carbonyl (C=O) groups excluding carboxylic acids is 1. The molecule has 1 amide bonds. The van der Waals surface area contributed by atoms with Crippen LogP contribution in [0, 0.1) is 6.92 Å². The molecule has 0 bridgehead atoms. The van der Waals surface area contributed by atoms with Crippen LogP contribution in [-0.2, 0) is 4.79 Å². The van der Waals surface area contributed by atoms with Crippen LogP contribution in [0.2, 0.25) is 5.02 Å². The largest absolute Gasteiger partial charge is 0.497 e. The molecule has 11 heteroatoms. The Morgan fingerprint density at radius 3 is 2.72 bits per heavy atom. The Kier molecular flexibility index (Phi) is 6.33. The number of rotatable bonds is 7. The summed E-state index contributed by atoms with van der Waals surface area (Å²) in [5.41, 5.74) is 3.83. The molecule has 0 aliphatic rings. The molecule has 0 radical (unpaired) electrons. The highest BCUT2D eigenvalue weighted by Gasteiger charge is 2.16. The molecule has 0 saturated heterocycles. The van der Waals surface area contributed by atoms with E-state index in [1.165, 1.54) is 16.4 Å². The van der Waals surface area contributed by atoms with Crippen molar-refractivity contribution in [2.24, 2.45) is 0 Å². The number of aryl methyl sites for hydroxylation is 1. The summed E-state index contributed by atoms with van der Waals surface area (Å²) in [7, 11) is 1.62. The lowest BCUT2D eigenvalue weighted by Crippen LogP contribution is -2.16. The molecule has 2 heterocycles. The van der Waals surface area contributed by atoms with E-state index < -0.39 is 0 Å². The Labute approximate surface area is 193 Å². The van der Waals surface area contributed by atoms with Gasteiger partial charge in [-0.3, -0.25) is 9.89 Å². The van der Waals surface area contributed by atoms with E-state index >= 15 is 0 Å². The van der Waals surface area contributed by atoms with Crippen molar-refractivity contribution in [2.75, 3.05) is 24.0 Å². The van der Waals surface area contributed by atoms with E-state index in [0.29, 0.717) is 27.4 Å². The van der Waals surface area contributed by atoms with Gasteiger partial charge in [-0.15, -0.1) is 10.2 Å². The van der Waals surface area contributed by atoms with Gasteiger partial charge in [-0.1, -0.05) is 29.4 Å². The predicted octanol–water partition coefficient (Wildman–Crippen LogP) is 3.75. The first kappa shape index (κ1) is 21.7. The van der Waals surface area contributed by atoms with Crippen molar-refractivity contribution in [3.05, 3.63) is 59.1 Å². The van der Waals surface area contributed by atoms with Crippen molar-refractivity contribution in [1.29, 1.82) is 0 Å². The lowest BCUT2D eigenvalue weighted by Gasteiger charge is -2.06. The number of nitrogens with zero attached hydrogens (tertiary/aromatic N) is 4. The zero-order chi connectivity index (χ0) is 22.7. The zero-order valence-electron chi connectivity index (χ0n) is 17.3. The fourth-order valence-corrected chi connectivity index (χ4v) is 3.74. The van der Waals surface area contributed by atoms with Crippen LogP contribution in [0.15, 0.2) is 53.7 Å². The van der Waals surface area contributed by atoms with Crippen molar-refractivity contribution < 1.29 is 9.53 Å². The summed E-state index contributed by atoms with van der Waals surface area (Å²) >= 11 is 7.27. The Morgan fingerprint density at radius 1 is 1.22 bits per heavy atom. The fourth-order valence-electron chi connectivity index (χ4n) is 2.90. The van der Waals surface area contributed by atoms with Crippen molar-refractivity contribution >= 4 is 35.0 Å². The van der Waals surface area contributed by atoms with Gasteiger partial charge in [0.1, 0.15) is 11.4 Å². The second-order valence-electron chi connectivity index (χ2n) is 6.87. The molecule has 9 nitrogen and oxygen atoms in total. The summed E-state index contributed by atoms with van der Waals surface area (Å²) in [6.07, 6.45) is 0. The number of methoxy groups -OCH3 is 1. The minimum absolute atomic E-state index is 0.112. The lowest BCUT2D eigenvalue weighted by molar-refractivity contribution is -0.113. The van der Waals surface area contributed by atoms with Crippen LogP contribution in [0.5, 0.6) is 5.75 Å². The topological polar surface area (TPSA) is 124 Å². The molecule has 0 spiro atoms. The second-order valence-corrected chi connectivity index (χ2v) is 8.22. The number of hydrogen-bond acceptors (Lipinski definition) is 7. The maximum atomic E-state index is 12.3. The van der Waals surface area contributed by atoms with E-state index in [1.54, 1.807) is 19.2 Å². The van der Waals surface area contributed by atoms with Crippen molar-refractivity contribution in [2.45, 2.75) is 12.1 Å². The number of halogens is 1. The Morgan fingerprint density at radius 2 is 2.00 bits per heavy atom. The van der Waals surface area contributed by atoms with Gasteiger partial charge < -0.3 is 15.9 Å². The summed E-state index contributed by atoms with van der Waals surface area (Å²) in [4.78, 5) is 12.3. The van der Waals surface area contributed by atoms with Crippen LogP contribution >= 0.6 is 23.4 Å². The van der Waals surface area contributed by atoms with Crippen molar-refractivity contribution in [3.63, 3.8) is 0 Å². The average Bonchev–Trinajstić information content (AvgIpc) is 3.42. The molecule has 0 unspecified atom stereocenters. The van der Waals surface area contributed by atoms with Gasteiger partial charge in [0.25, 0.3) is 0 Å². The number of hydrogen-bond donors (Lipinski definition) is 3. The molecule has 32 heavy (non-hydrogen) atoms. The van der Waals surface area contributed by atoms with Gasteiger partial charge in [-0.25, -0.2) is 4.68 Å². The third kappa shape index (κ3) is 4.71. The van der Waals surface area contributed by atoms with Crippen LogP contribution < -0.4 is 15.9 Å². The van der Waals surface area contributed by atoms with E-state index in [-0.39, 0.29) is 11.7 Å². The van der Waals surface area contributed by atoms with Crippen LogP contribution in [-0.4, -0.2) is 43.8 Å². The molecule has 0 aliphatic heterocycles. The predicted molar refractivity (Wildman–Crippen MR) is 125 cm³/mol. The molecule has 164 valence electrons. The number of amides is 1. The van der Waals surface area contributed by atoms with Gasteiger partial charge in [0, 0.05) is 16.3 Å². The summed E-state index contributed by atoms with van der Waals surface area (Å²) in [5.74, 6) is 7.23. The Balaban J connectivity index is 1.41. The SMILES string of the molecule is COc1ccc(-c2cc(-c3nnc(SCC(=O)Nc4ccc(C)c(Cl)c4)n3N)[nH]n2)cc1. The van der Waals surface area contributed by atoms with Gasteiger partial charge in [0.05, 0.1) is 18.6 Å². The number of nitrogens with two attached hydrogens (primary N) is 1. The first-order valence-electron chi connectivity index (χ1n) is 9.54. The molecule has 4 aromatic rings. The van der Waals surface area contributed by atoms with Crippen molar-refractivity contribution in [1.82, 2.24) is 25.1 Å². The summed E-state index contributed by atoms with van der Waals surface area (Å²) < 4.78 is 6.50. The summed E-state index contributed by atoms with van der Waals surface area (Å²) in [5, 5.41) is 19.3. The molecule has 0 saturated carbocycles. The van der Waals surface area contributed by atoms with Crippen LogP contribution in [0.1, 0.15) is 5.56 Å². The molecular formula is C21H20ClN7O2S. The van der Waals surface area contributed by atoms with Gasteiger partial charge in [-0.05, 0) is 55.0 Å². The molecular weight excluding hydrogens is 450 g/mol. The molecule has 2 aromatic heterocycles. The van der Waals surface area contributed by atoms with E-state index in [2.05, 4.69) is 25.7 Å². The molecule has 0 fully saturated rings. The smallest absolute Gasteiger partial charge is 0.234 e. The number of H-pyrrole nitrogens is 1. The monoisotopic (exact) mass is 469 g/mol. The molecule has 4 rings (SSSR count). The normalized spacial score (nSPS) is 10.8. The first-order chi connectivity index (χ1) is 15.4. The highest BCUT2D eigenvalue weighted by Crippen LogP contribution is 2.26. The van der Waals surface area contributed by atoms with E-state index in [1.807, 2.05) is 43.3 Å². The number of nitrogen functional groups attached to an aromatic ring is 1. The zero-order valence-corrected chi connectivity index (χ0v) is 18.9. The molecule has 4 N–H and O–H groups in total. The molecule has 0 aliphatic carbocycles. The van der Waals surface area contributed by atoms with Crippen LogP contribution in [0.4, 0.5) is 5.69 Å². The van der Waals surface area contributed by atoms with E-state index in [9.17, 15) is 4.79 Å². The van der Waals surface area contributed by atoms with Crippen LogP contribution in [0.3, 0.4) is 0 Å². The van der Waals surface area contributed by atoms with Gasteiger partial charge in [-0.2, -0.15) is 5.10 Å². The fraction of sp³-hybridized carbons (Fsp3) is 0.143. The number of nitrogens with one attached hydrogen (secondary N) is 2. The molecule has 0 atom stereocenters. The third-order valence-electron chi connectivity index (χ3n) is 4.66. The average molecular weight is 470 g/mol. The standard InChI is InChI=1S/C21H20ClN7O2S/c1-12-3-6-14(9-16(12)22)24-19(30)11-32-21-28-27-20(29(21)23)18-10-17(25-26-18)13-4-7-15(31-2)8-5-13/h3-10H,11,23H2,1-2H3,(H,24,30)(H,25,26). The molecule has 2 aromatic carbocycles. The van der Waals surface area contributed by atoms with Gasteiger partial charge in [0.2, 0.25) is 16.9 Å².